The second-order valence-corrected chi connectivity index (χ2v) is 4.48. The second-order valence-electron chi connectivity index (χ2n) is 4.48. The number of nitrogens with zero attached hydrogens (tertiary/aromatic N) is 2. The van der Waals surface area contributed by atoms with Gasteiger partial charge in [-0.05, 0) is 24.6 Å². The lowest BCUT2D eigenvalue weighted by molar-refractivity contribution is -0.137. The van der Waals surface area contributed by atoms with Crippen LogP contribution in [0.3, 0.4) is 0 Å². The van der Waals surface area contributed by atoms with Gasteiger partial charge in [-0.1, -0.05) is 0 Å². The molecule has 4 nitrogen and oxygen atoms in total. The van der Waals surface area contributed by atoms with E-state index in [0.29, 0.717) is 6.42 Å². The number of rotatable bonds is 2. The van der Waals surface area contributed by atoms with Gasteiger partial charge in [-0.2, -0.15) is 18.4 Å². The SMILES string of the molecule is N#Cc1ccc(N2C(=O)CCC2CO)cc1C(F)(F)F. The van der Waals surface area contributed by atoms with E-state index < -0.39 is 23.3 Å². The van der Waals surface area contributed by atoms with E-state index in [2.05, 4.69) is 0 Å². The van der Waals surface area contributed by atoms with E-state index in [1.54, 1.807) is 0 Å². The molecule has 0 spiro atoms. The summed E-state index contributed by atoms with van der Waals surface area (Å²) in [6.45, 7) is -0.312. The lowest BCUT2D eigenvalue weighted by Gasteiger charge is -2.24. The number of hydrogen-bond donors (Lipinski definition) is 1. The van der Waals surface area contributed by atoms with E-state index in [9.17, 15) is 23.1 Å². The zero-order valence-electron chi connectivity index (χ0n) is 10.3. The van der Waals surface area contributed by atoms with Gasteiger partial charge in [0.1, 0.15) is 0 Å². The van der Waals surface area contributed by atoms with Gasteiger partial charge in [0.05, 0.1) is 29.8 Å². The zero-order chi connectivity index (χ0) is 14.9. The van der Waals surface area contributed by atoms with Crippen molar-refractivity contribution >= 4 is 11.6 Å². The van der Waals surface area contributed by atoms with Crippen molar-refractivity contribution in [3.05, 3.63) is 29.3 Å². The monoisotopic (exact) mass is 284 g/mol. The van der Waals surface area contributed by atoms with Crippen LogP contribution >= 0.6 is 0 Å². The molecule has 1 saturated heterocycles. The van der Waals surface area contributed by atoms with Gasteiger partial charge in [-0.3, -0.25) is 4.79 Å². The third kappa shape index (κ3) is 2.47. The normalized spacial score (nSPS) is 19.2. The number of anilines is 1. The fourth-order valence-corrected chi connectivity index (χ4v) is 2.29. The van der Waals surface area contributed by atoms with Gasteiger partial charge in [0, 0.05) is 12.1 Å². The average Bonchev–Trinajstić information content (AvgIpc) is 2.78. The first kappa shape index (κ1) is 14.3. The Morgan fingerprint density at radius 3 is 2.70 bits per heavy atom. The minimum Gasteiger partial charge on any atom is -0.394 e. The fraction of sp³-hybridized carbons (Fsp3) is 0.385. The molecular weight excluding hydrogens is 273 g/mol. The maximum atomic E-state index is 12.9. The van der Waals surface area contributed by atoms with Crippen molar-refractivity contribution in [3.63, 3.8) is 0 Å². The first-order valence-electron chi connectivity index (χ1n) is 5.92. The van der Waals surface area contributed by atoms with Crippen molar-refractivity contribution in [2.45, 2.75) is 25.1 Å². The minimum atomic E-state index is -4.67. The average molecular weight is 284 g/mol. The van der Waals surface area contributed by atoms with Crippen molar-refractivity contribution in [2.24, 2.45) is 0 Å². The van der Waals surface area contributed by atoms with Crippen molar-refractivity contribution in [1.82, 2.24) is 0 Å². The van der Waals surface area contributed by atoms with Gasteiger partial charge in [0.25, 0.3) is 0 Å². The Morgan fingerprint density at radius 2 is 2.15 bits per heavy atom. The van der Waals surface area contributed by atoms with Gasteiger partial charge >= 0.3 is 6.18 Å². The van der Waals surface area contributed by atoms with Crippen LogP contribution in [0.5, 0.6) is 0 Å². The Balaban J connectivity index is 2.49. The standard InChI is InChI=1S/C13H11F3N2O2/c14-13(15,16)11-5-9(2-1-8(11)6-17)18-10(7-19)3-4-12(18)20/h1-2,5,10,19H,3-4,7H2. The second kappa shape index (κ2) is 5.13. The summed E-state index contributed by atoms with van der Waals surface area (Å²) in [7, 11) is 0. The molecule has 0 aliphatic carbocycles. The quantitative estimate of drug-likeness (QED) is 0.904. The van der Waals surface area contributed by atoms with Crippen LogP contribution in [0.1, 0.15) is 24.0 Å². The van der Waals surface area contributed by atoms with Gasteiger partial charge in [0.15, 0.2) is 0 Å². The highest BCUT2D eigenvalue weighted by Gasteiger charge is 2.37. The van der Waals surface area contributed by atoms with Crippen molar-refractivity contribution in [2.75, 3.05) is 11.5 Å². The predicted molar refractivity (Wildman–Crippen MR) is 63.8 cm³/mol. The van der Waals surface area contributed by atoms with Crippen LogP contribution in [0, 0.1) is 11.3 Å². The van der Waals surface area contributed by atoms with Crippen LogP contribution in [0.4, 0.5) is 18.9 Å². The van der Waals surface area contributed by atoms with Crippen molar-refractivity contribution in [3.8, 4) is 6.07 Å². The molecule has 1 heterocycles. The Labute approximate surface area is 113 Å². The van der Waals surface area contributed by atoms with Crippen LogP contribution < -0.4 is 4.90 Å². The number of carbonyl (C=O) groups excluding carboxylic acids is 1. The molecule has 1 atom stereocenters. The molecule has 1 aliphatic rings. The summed E-state index contributed by atoms with van der Waals surface area (Å²) in [6.07, 6.45) is -4.08. The van der Waals surface area contributed by atoms with E-state index >= 15 is 0 Å². The summed E-state index contributed by atoms with van der Waals surface area (Å²) in [5.41, 5.74) is -1.51. The summed E-state index contributed by atoms with van der Waals surface area (Å²) in [5, 5.41) is 17.9. The predicted octanol–water partition coefficient (Wildman–Crippen LogP) is 2.06. The van der Waals surface area contributed by atoms with Crippen LogP contribution in [0.2, 0.25) is 0 Å². The summed E-state index contributed by atoms with van der Waals surface area (Å²) >= 11 is 0. The van der Waals surface area contributed by atoms with Crippen LogP contribution in [0.25, 0.3) is 0 Å². The Kier molecular flexibility index (Phi) is 3.68. The van der Waals surface area contributed by atoms with Crippen molar-refractivity contribution < 1.29 is 23.1 Å². The van der Waals surface area contributed by atoms with E-state index in [4.69, 9.17) is 5.26 Å². The number of nitriles is 1. The third-order valence-electron chi connectivity index (χ3n) is 3.24. The topological polar surface area (TPSA) is 64.3 Å². The molecule has 7 heteroatoms. The number of hydrogen-bond acceptors (Lipinski definition) is 3. The molecule has 0 aromatic heterocycles. The summed E-state index contributed by atoms with van der Waals surface area (Å²) in [4.78, 5) is 12.9. The Hall–Kier alpha value is -2.07. The fourth-order valence-electron chi connectivity index (χ4n) is 2.29. The highest BCUT2D eigenvalue weighted by Crippen LogP contribution is 2.36. The smallest absolute Gasteiger partial charge is 0.394 e. The van der Waals surface area contributed by atoms with E-state index in [0.717, 1.165) is 17.0 Å². The first-order chi connectivity index (χ1) is 9.38. The Morgan fingerprint density at radius 1 is 1.45 bits per heavy atom. The molecule has 20 heavy (non-hydrogen) atoms. The third-order valence-corrected chi connectivity index (χ3v) is 3.24. The number of amides is 1. The number of halogens is 3. The largest absolute Gasteiger partial charge is 0.417 e. The molecule has 2 rings (SSSR count). The number of aliphatic hydroxyl groups excluding tert-OH is 1. The molecule has 1 aliphatic heterocycles. The maximum Gasteiger partial charge on any atom is 0.417 e. The highest BCUT2D eigenvalue weighted by molar-refractivity contribution is 5.96. The van der Waals surface area contributed by atoms with Crippen LogP contribution in [-0.4, -0.2) is 23.7 Å². The summed E-state index contributed by atoms with van der Waals surface area (Å²) in [6, 6.07) is 4.08. The molecular formula is C13H11F3N2O2. The van der Waals surface area contributed by atoms with Gasteiger partial charge in [-0.25, -0.2) is 0 Å². The lowest BCUT2D eigenvalue weighted by atomic mass is 10.1. The number of aliphatic hydroxyl groups is 1. The number of benzene rings is 1. The van der Waals surface area contributed by atoms with Gasteiger partial charge < -0.3 is 10.0 Å². The molecule has 1 amide bonds. The highest BCUT2D eigenvalue weighted by atomic mass is 19.4. The molecule has 0 radical (unpaired) electrons. The molecule has 0 saturated carbocycles. The van der Waals surface area contributed by atoms with Gasteiger partial charge in [-0.15, -0.1) is 0 Å². The maximum absolute atomic E-state index is 12.9. The number of alkyl halides is 3. The van der Waals surface area contributed by atoms with E-state index in [1.807, 2.05) is 0 Å². The zero-order valence-corrected chi connectivity index (χ0v) is 10.3. The van der Waals surface area contributed by atoms with Crippen LogP contribution in [0.15, 0.2) is 18.2 Å². The molecule has 1 fully saturated rings. The molecule has 106 valence electrons. The van der Waals surface area contributed by atoms with Crippen LogP contribution in [-0.2, 0) is 11.0 Å². The molecule has 1 N–H and O–H groups in total. The summed E-state index contributed by atoms with van der Waals surface area (Å²) < 4.78 is 38.6. The number of carbonyl (C=O) groups is 1. The first-order valence-corrected chi connectivity index (χ1v) is 5.92. The molecule has 1 unspecified atom stereocenters. The van der Waals surface area contributed by atoms with Crippen molar-refractivity contribution in [1.29, 1.82) is 5.26 Å². The van der Waals surface area contributed by atoms with E-state index in [1.165, 1.54) is 12.1 Å². The molecule has 1 aromatic carbocycles. The summed E-state index contributed by atoms with van der Waals surface area (Å²) in [5.74, 6) is -0.332. The van der Waals surface area contributed by atoms with E-state index in [-0.39, 0.29) is 24.6 Å². The lowest BCUT2D eigenvalue weighted by Crippen LogP contribution is -2.35. The molecule has 1 aromatic rings. The minimum absolute atomic E-state index is 0.0536. The molecule has 0 bridgehead atoms. The Bertz CT molecular complexity index is 578. The van der Waals surface area contributed by atoms with Gasteiger partial charge in [0.2, 0.25) is 5.91 Å².